The van der Waals surface area contributed by atoms with E-state index in [0.717, 1.165) is 3.57 Å². The van der Waals surface area contributed by atoms with Crippen molar-refractivity contribution >= 4 is 44.3 Å². The van der Waals surface area contributed by atoms with Gasteiger partial charge in [0.1, 0.15) is 6.07 Å². The summed E-state index contributed by atoms with van der Waals surface area (Å²) < 4.78 is 1.44. The van der Waals surface area contributed by atoms with Crippen LogP contribution >= 0.6 is 38.5 Å². The van der Waals surface area contributed by atoms with Crippen molar-refractivity contribution in [3.05, 3.63) is 31.3 Å². The number of carbonyl (C=O) groups is 1. The zero-order chi connectivity index (χ0) is 10.0. The number of hydrogen-bond acceptors (Lipinski definition) is 2. The Morgan fingerprint density at radius 2 is 2.23 bits per heavy atom. The van der Waals surface area contributed by atoms with Crippen molar-refractivity contribution in [2.75, 3.05) is 0 Å². The summed E-state index contributed by atoms with van der Waals surface area (Å²) in [5, 5.41) is 8.81. The molecule has 0 radical (unpaired) electrons. The lowest BCUT2D eigenvalue weighted by Gasteiger charge is -2.03. The van der Waals surface area contributed by atoms with Gasteiger partial charge in [-0.1, -0.05) is 0 Å². The molecule has 0 saturated carbocycles. The summed E-state index contributed by atoms with van der Waals surface area (Å²) in [6, 6.07) is 5.53. The molecular formula is C9H5BrINO. The summed E-state index contributed by atoms with van der Waals surface area (Å²) in [7, 11) is 0. The van der Waals surface area contributed by atoms with Crippen molar-refractivity contribution in [3.63, 3.8) is 0 Å². The maximum Gasteiger partial charge on any atom is 0.160 e. The van der Waals surface area contributed by atoms with Crippen LogP contribution in [0.2, 0.25) is 0 Å². The molecular weight excluding hydrogens is 345 g/mol. The number of hydrogen-bond donors (Lipinski definition) is 0. The molecule has 66 valence electrons. The minimum atomic E-state index is -0.0419. The molecule has 1 aromatic carbocycles. The Kier molecular flexibility index (Phi) is 3.45. The lowest BCUT2D eigenvalue weighted by atomic mass is 10.1. The van der Waals surface area contributed by atoms with Crippen LogP contribution in [0.1, 0.15) is 22.8 Å². The Morgan fingerprint density at radius 3 is 2.69 bits per heavy atom. The third-order valence-electron chi connectivity index (χ3n) is 1.58. The number of halogens is 2. The fourth-order valence-corrected chi connectivity index (χ4v) is 2.58. The first kappa shape index (κ1) is 10.7. The average molecular weight is 350 g/mol. The van der Waals surface area contributed by atoms with Crippen molar-refractivity contribution < 1.29 is 4.79 Å². The summed E-state index contributed by atoms with van der Waals surface area (Å²) >= 11 is 5.31. The van der Waals surface area contributed by atoms with Crippen LogP contribution in [0.3, 0.4) is 0 Å². The lowest BCUT2D eigenvalue weighted by Crippen LogP contribution is -1.97. The molecule has 1 rings (SSSR count). The first-order valence-electron chi connectivity index (χ1n) is 3.47. The van der Waals surface area contributed by atoms with Gasteiger partial charge in [-0.05, 0) is 57.6 Å². The van der Waals surface area contributed by atoms with Crippen molar-refractivity contribution in [1.82, 2.24) is 0 Å². The van der Waals surface area contributed by atoms with Crippen molar-refractivity contribution in [3.8, 4) is 6.07 Å². The van der Waals surface area contributed by atoms with Crippen molar-refractivity contribution in [2.45, 2.75) is 6.92 Å². The average Bonchev–Trinajstić information content (AvgIpc) is 2.04. The van der Waals surface area contributed by atoms with E-state index in [4.69, 9.17) is 5.26 Å². The maximum atomic E-state index is 11.1. The number of rotatable bonds is 1. The summed E-state index contributed by atoms with van der Waals surface area (Å²) in [5.74, 6) is -0.0419. The van der Waals surface area contributed by atoms with Crippen LogP contribution in [0.5, 0.6) is 0 Å². The van der Waals surface area contributed by atoms with Crippen molar-refractivity contribution in [1.29, 1.82) is 5.26 Å². The van der Waals surface area contributed by atoms with Gasteiger partial charge in [0, 0.05) is 13.6 Å². The van der Waals surface area contributed by atoms with Crippen LogP contribution in [-0.2, 0) is 0 Å². The first-order chi connectivity index (χ1) is 6.07. The number of ketones is 1. The highest BCUT2D eigenvalue weighted by molar-refractivity contribution is 14.1. The van der Waals surface area contributed by atoms with Gasteiger partial charge in [0.05, 0.1) is 5.56 Å². The summed E-state index contributed by atoms with van der Waals surface area (Å²) in [4.78, 5) is 11.1. The Morgan fingerprint density at radius 1 is 1.62 bits per heavy atom. The van der Waals surface area contributed by atoms with E-state index in [0.29, 0.717) is 15.6 Å². The standard InChI is InChI=1S/C9H5BrINO/c1-5(13)6-2-3-8(11)7(4-12)9(6)10/h2-3H,1H3. The van der Waals surface area contributed by atoms with Gasteiger partial charge in [-0.25, -0.2) is 0 Å². The molecule has 0 aliphatic heterocycles. The molecule has 0 unspecified atom stereocenters. The second-order valence-electron chi connectivity index (χ2n) is 2.45. The second-order valence-corrected chi connectivity index (χ2v) is 4.41. The van der Waals surface area contributed by atoms with E-state index in [1.165, 1.54) is 6.92 Å². The highest BCUT2D eigenvalue weighted by atomic mass is 127. The Labute approximate surface area is 98.2 Å². The summed E-state index contributed by atoms with van der Waals surface area (Å²) in [5.41, 5.74) is 1.07. The fourth-order valence-electron chi connectivity index (χ4n) is 0.927. The van der Waals surface area contributed by atoms with E-state index in [1.54, 1.807) is 12.1 Å². The zero-order valence-corrected chi connectivity index (χ0v) is 10.5. The van der Waals surface area contributed by atoms with Crippen LogP contribution in [0.25, 0.3) is 0 Å². The molecule has 2 nitrogen and oxygen atoms in total. The van der Waals surface area contributed by atoms with Gasteiger partial charge in [0.2, 0.25) is 0 Å². The van der Waals surface area contributed by atoms with E-state index in [2.05, 4.69) is 44.6 Å². The molecule has 0 amide bonds. The fraction of sp³-hybridized carbons (Fsp3) is 0.111. The quantitative estimate of drug-likeness (QED) is 0.577. The lowest BCUT2D eigenvalue weighted by molar-refractivity contribution is 0.101. The SMILES string of the molecule is CC(=O)c1ccc(I)c(C#N)c1Br. The number of carbonyl (C=O) groups excluding carboxylic acids is 1. The largest absolute Gasteiger partial charge is 0.294 e. The summed E-state index contributed by atoms with van der Waals surface area (Å²) in [6.07, 6.45) is 0. The van der Waals surface area contributed by atoms with E-state index in [9.17, 15) is 4.79 Å². The molecule has 1 aromatic rings. The number of Topliss-reactive ketones (excluding diaryl/α,β-unsaturated/α-hetero) is 1. The molecule has 0 saturated heterocycles. The van der Waals surface area contributed by atoms with Crippen molar-refractivity contribution in [2.24, 2.45) is 0 Å². The zero-order valence-electron chi connectivity index (χ0n) is 6.77. The Balaban J connectivity index is 3.47. The first-order valence-corrected chi connectivity index (χ1v) is 5.34. The molecule has 0 N–H and O–H groups in total. The van der Waals surface area contributed by atoms with Gasteiger partial charge >= 0.3 is 0 Å². The topological polar surface area (TPSA) is 40.9 Å². The van der Waals surface area contributed by atoms with E-state index in [-0.39, 0.29) is 5.78 Å². The predicted molar refractivity (Wildman–Crippen MR) is 61.6 cm³/mol. The molecule has 13 heavy (non-hydrogen) atoms. The number of nitrogens with zero attached hydrogens (tertiary/aromatic N) is 1. The van der Waals surface area contributed by atoms with E-state index in [1.807, 2.05) is 0 Å². The molecule has 4 heteroatoms. The molecule has 0 bridgehead atoms. The molecule has 0 atom stereocenters. The van der Waals surface area contributed by atoms with Crippen LogP contribution in [0.15, 0.2) is 16.6 Å². The Hall–Kier alpha value is -0.410. The third kappa shape index (κ3) is 2.09. The minimum Gasteiger partial charge on any atom is -0.294 e. The van der Waals surface area contributed by atoms with Crippen LogP contribution < -0.4 is 0 Å². The van der Waals surface area contributed by atoms with E-state index < -0.39 is 0 Å². The summed E-state index contributed by atoms with van der Waals surface area (Å²) in [6.45, 7) is 1.48. The Bertz CT molecular complexity index is 409. The van der Waals surface area contributed by atoms with Crippen LogP contribution in [-0.4, -0.2) is 5.78 Å². The smallest absolute Gasteiger partial charge is 0.160 e. The van der Waals surface area contributed by atoms with Gasteiger partial charge in [0.15, 0.2) is 5.78 Å². The maximum absolute atomic E-state index is 11.1. The van der Waals surface area contributed by atoms with Gasteiger partial charge in [-0.3, -0.25) is 4.79 Å². The monoisotopic (exact) mass is 349 g/mol. The normalized spacial score (nSPS) is 9.38. The highest BCUT2D eigenvalue weighted by Gasteiger charge is 2.11. The molecule has 0 aliphatic carbocycles. The molecule has 0 heterocycles. The molecule has 0 fully saturated rings. The molecule has 0 aromatic heterocycles. The predicted octanol–water partition coefficient (Wildman–Crippen LogP) is 3.13. The number of nitriles is 1. The second kappa shape index (κ2) is 4.20. The highest BCUT2D eigenvalue weighted by Crippen LogP contribution is 2.25. The molecule has 0 spiro atoms. The van der Waals surface area contributed by atoms with Gasteiger partial charge in [0.25, 0.3) is 0 Å². The minimum absolute atomic E-state index is 0.0419. The van der Waals surface area contributed by atoms with Crippen LogP contribution in [0, 0.1) is 14.9 Å². The van der Waals surface area contributed by atoms with Crippen LogP contribution in [0.4, 0.5) is 0 Å². The van der Waals surface area contributed by atoms with Gasteiger partial charge in [-0.15, -0.1) is 0 Å². The van der Waals surface area contributed by atoms with E-state index >= 15 is 0 Å². The number of benzene rings is 1. The van der Waals surface area contributed by atoms with Gasteiger partial charge in [-0.2, -0.15) is 5.26 Å². The molecule has 0 aliphatic rings. The van der Waals surface area contributed by atoms with Gasteiger partial charge < -0.3 is 0 Å². The third-order valence-corrected chi connectivity index (χ3v) is 3.30.